The average molecular weight is 687 g/mol. The van der Waals surface area contributed by atoms with Gasteiger partial charge < -0.3 is 19.9 Å². The molecule has 2 heterocycles. The molecule has 0 aliphatic heterocycles. The van der Waals surface area contributed by atoms with Crippen LogP contribution >= 0.6 is 0 Å². The van der Waals surface area contributed by atoms with Gasteiger partial charge in [-0.1, -0.05) is 12.1 Å². The van der Waals surface area contributed by atoms with Crippen LogP contribution in [0.15, 0.2) is 24.3 Å². The number of carbonyl (C=O) groups excluding carboxylic acids is 2. The lowest BCUT2D eigenvalue weighted by Gasteiger charge is -2.30. The third kappa shape index (κ3) is 7.63. The molecule has 2 aliphatic rings. The number of alkyl halides is 8. The Balaban J connectivity index is 1.42. The number of aromatic nitrogens is 3. The molecule has 2 amide bonds. The first-order chi connectivity index (χ1) is 22.5. The van der Waals surface area contributed by atoms with Gasteiger partial charge in [-0.2, -0.15) is 36.6 Å². The standard InChI is InChI=1S/C31H30F8N6O3/c1-45-24(11-17-10-16(2-7-21(17)31(37,38)39)13-41-28(47)29(15-40)8-9-29)43-22-12-20(27(44-25(22)45)48-14-23(32)33)26(46)42-19-5-3-18(4-6-19)30(34,35)36/h2,7,10,12,18-19,23H,3-6,8-9,11,13-14H2,1H3,(H,41,47)(H,42,46). The molecular weight excluding hydrogens is 656 g/mol. The van der Waals surface area contributed by atoms with Crippen LogP contribution < -0.4 is 15.4 Å². The average Bonchev–Trinajstić information content (AvgIpc) is 3.77. The molecule has 0 saturated heterocycles. The Morgan fingerprint density at radius 1 is 1.08 bits per heavy atom. The van der Waals surface area contributed by atoms with Crippen molar-refractivity contribution >= 4 is 23.0 Å². The summed E-state index contributed by atoms with van der Waals surface area (Å²) in [5.41, 5.74) is -2.21. The van der Waals surface area contributed by atoms with Crippen molar-refractivity contribution in [2.75, 3.05) is 6.61 Å². The van der Waals surface area contributed by atoms with Gasteiger partial charge in [0.1, 0.15) is 22.3 Å². The molecule has 258 valence electrons. The number of fused-ring (bicyclic) bond motifs is 1. The minimum atomic E-state index is -4.75. The van der Waals surface area contributed by atoms with Gasteiger partial charge in [0.2, 0.25) is 11.8 Å². The fourth-order valence-electron chi connectivity index (χ4n) is 5.76. The van der Waals surface area contributed by atoms with Crippen molar-refractivity contribution in [3.05, 3.63) is 52.3 Å². The Morgan fingerprint density at radius 2 is 1.77 bits per heavy atom. The molecule has 0 bridgehead atoms. The highest BCUT2D eigenvalue weighted by molar-refractivity contribution is 5.99. The number of hydrogen-bond donors (Lipinski definition) is 2. The van der Waals surface area contributed by atoms with Gasteiger partial charge in [0.05, 0.1) is 17.6 Å². The second-order valence-corrected chi connectivity index (χ2v) is 12.1. The molecule has 2 aliphatic carbocycles. The van der Waals surface area contributed by atoms with Crippen molar-refractivity contribution in [3.63, 3.8) is 0 Å². The number of benzene rings is 1. The number of amides is 2. The van der Waals surface area contributed by atoms with Gasteiger partial charge in [-0.25, -0.2) is 13.8 Å². The minimum absolute atomic E-state index is 0.0136. The van der Waals surface area contributed by atoms with Crippen molar-refractivity contribution < 1.29 is 49.4 Å². The third-order valence-corrected chi connectivity index (χ3v) is 8.69. The Bertz CT molecular complexity index is 1730. The highest BCUT2D eigenvalue weighted by atomic mass is 19.4. The van der Waals surface area contributed by atoms with E-state index in [4.69, 9.17) is 4.74 Å². The van der Waals surface area contributed by atoms with Gasteiger partial charge in [-0.15, -0.1) is 0 Å². The predicted molar refractivity (Wildman–Crippen MR) is 153 cm³/mol. The number of nitrogens with zero attached hydrogens (tertiary/aromatic N) is 4. The molecule has 2 fully saturated rings. The number of nitriles is 1. The smallest absolute Gasteiger partial charge is 0.416 e. The Morgan fingerprint density at radius 3 is 2.35 bits per heavy atom. The molecule has 2 saturated carbocycles. The van der Waals surface area contributed by atoms with E-state index in [0.29, 0.717) is 18.4 Å². The van der Waals surface area contributed by atoms with E-state index in [0.717, 1.165) is 6.07 Å². The van der Waals surface area contributed by atoms with Crippen molar-refractivity contribution in [1.29, 1.82) is 5.26 Å². The van der Waals surface area contributed by atoms with Gasteiger partial charge in [-0.3, -0.25) is 9.59 Å². The van der Waals surface area contributed by atoms with E-state index in [2.05, 4.69) is 20.6 Å². The first-order valence-corrected chi connectivity index (χ1v) is 15.0. The summed E-state index contributed by atoms with van der Waals surface area (Å²) in [7, 11) is 1.43. The van der Waals surface area contributed by atoms with E-state index >= 15 is 0 Å². The molecule has 1 aromatic carbocycles. The number of rotatable bonds is 10. The summed E-state index contributed by atoms with van der Waals surface area (Å²) in [4.78, 5) is 34.1. The van der Waals surface area contributed by atoms with Crippen LogP contribution in [0.1, 0.15) is 71.4 Å². The molecule has 2 aromatic heterocycles. The van der Waals surface area contributed by atoms with Crippen molar-refractivity contribution in [2.24, 2.45) is 18.4 Å². The number of halogens is 8. The number of aryl methyl sites for hydroxylation is 1. The summed E-state index contributed by atoms with van der Waals surface area (Å²) in [5, 5.41) is 14.4. The van der Waals surface area contributed by atoms with Gasteiger partial charge in [0.25, 0.3) is 12.3 Å². The van der Waals surface area contributed by atoms with E-state index in [1.807, 2.05) is 6.07 Å². The van der Waals surface area contributed by atoms with E-state index < -0.39 is 66.0 Å². The largest absolute Gasteiger partial charge is 0.471 e. The van der Waals surface area contributed by atoms with Crippen LogP contribution in [0, 0.1) is 22.7 Å². The fourth-order valence-corrected chi connectivity index (χ4v) is 5.76. The monoisotopic (exact) mass is 686 g/mol. The maximum Gasteiger partial charge on any atom is 0.416 e. The number of ether oxygens (including phenoxy) is 1. The minimum Gasteiger partial charge on any atom is -0.471 e. The first kappa shape index (κ1) is 34.8. The lowest BCUT2D eigenvalue weighted by atomic mass is 9.85. The van der Waals surface area contributed by atoms with Crippen molar-refractivity contribution in [1.82, 2.24) is 25.2 Å². The zero-order valence-electron chi connectivity index (χ0n) is 25.4. The van der Waals surface area contributed by atoms with Gasteiger partial charge in [-0.05, 0) is 61.8 Å². The van der Waals surface area contributed by atoms with E-state index in [1.165, 1.54) is 29.8 Å². The second-order valence-electron chi connectivity index (χ2n) is 12.1. The molecule has 17 heteroatoms. The molecule has 0 unspecified atom stereocenters. The second kappa shape index (κ2) is 13.2. The molecule has 5 rings (SSSR count). The lowest BCUT2D eigenvalue weighted by Crippen LogP contribution is -2.40. The molecular formula is C31H30F8N6O3. The summed E-state index contributed by atoms with van der Waals surface area (Å²) in [6.45, 7) is -1.26. The molecule has 2 N–H and O–H groups in total. The van der Waals surface area contributed by atoms with E-state index in [-0.39, 0.29) is 66.8 Å². The molecule has 9 nitrogen and oxygen atoms in total. The number of pyridine rings is 1. The highest BCUT2D eigenvalue weighted by Gasteiger charge is 2.50. The summed E-state index contributed by atoms with van der Waals surface area (Å²) < 4.78 is 114. The van der Waals surface area contributed by atoms with Crippen LogP contribution in [0.2, 0.25) is 0 Å². The Labute approximate surface area is 268 Å². The third-order valence-electron chi connectivity index (χ3n) is 8.69. The van der Waals surface area contributed by atoms with Crippen LogP contribution in [-0.4, -0.2) is 51.6 Å². The van der Waals surface area contributed by atoms with Crippen LogP contribution in [0.25, 0.3) is 11.2 Å². The first-order valence-electron chi connectivity index (χ1n) is 15.0. The molecule has 0 atom stereocenters. The van der Waals surface area contributed by atoms with Crippen molar-refractivity contribution in [3.8, 4) is 11.9 Å². The number of imidazole rings is 1. The lowest BCUT2D eigenvalue weighted by molar-refractivity contribution is -0.182. The van der Waals surface area contributed by atoms with Crippen LogP contribution in [0.3, 0.4) is 0 Å². The van der Waals surface area contributed by atoms with Gasteiger partial charge in [0.15, 0.2) is 12.3 Å². The molecule has 3 aromatic rings. The maximum absolute atomic E-state index is 14.0. The van der Waals surface area contributed by atoms with E-state index in [9.17, 15) is 50.0 Å². The Kier molecular flexibility index (Phi) is 9.57. The topological polar surface area (TPSA) is 122 Å². The van der Waals surface area contributed by atoms with Crippen LogP contribution in [-0.2, 0) is 31.0 Å². The van der Waals surface area contributed by atoms with Crippen LogP contribution in [0.4, 0.5) is 35.1 Å². The normalized spacial score (nSPS) is 19.2. The summed E-state index contributed by atoms with van der Waals surface area (Å²) >= 11 is 0. The van der Waals surface area contributed by atoms with E-state index in [1.54, 1.807) is 0 Å². The molecule has 0 radical (unpaired) electrons. The molecule has 0 spiro atoms. The summed E-state index contributed by atoms with van der Waals surface area (Å²) in [6.07, 6.45) is -12.0. The summed E-state index contributed by atoms with van der Waals surface area (Å²) in [5.74, 6) is -3.27. The quantitative estimate of drug-likeness (QED) is 0.253. The number of nitrogens with one attached hydrogen (secondary N) is 2. The Hall–Kier alpha value is -4.49. The number of hydrogen-bond acceptors (Lipinski definition) is 6. The predicted octanol–water partition coefficient (Wildman–Crippen LogP) is 5.99. The van der Waals surface area contributed by atoms with Crippen LogP contribution in [0.5, 0.6) is 5.88 Å². The molecule has 48 heavy (non-hydrogen) atoms. The van der Waals surface area contributed by atoms with Crippen molar-refractivity contribution in [2.45, 2.75) is 76.3 Å². The van der Waals surface area contributed by atoms with Gasteiger partial charge in [0, 0.05) is 26.1 Å². The fraction of sp³-hybridized carbons (Fsp3) is 0.516. The number of carbonyl (C=O) groups is 2. The van der Waals surface area contributed by atoms with Gasteiger partial charge >= 0.3 is 12.4 Å². The highest BCUT2D eigenvalue weighted by Crippen LogP contribution is 2.45. The zero-order chi connectivity index (χ0) is 35.0. The SMILES string of the molecule is Cn1c(Cc2cc(CNC(=O)C3(C#N)CC3)ccc2C(F)(F)F)nc2cc(C(=O)NC3CCC(C(F)(F)F)CC3)c(OCC(F)F)nc21. The maximum atomic E-state index is 14.0. The zero-order valence-corrected chi connectivity index (χ0v) is 25.4. The summed E-state index contributed by atoms with van der Waals surface area (Å²) in [6, 6.07) is 5.85.